The molecule has 128 valence electrons. The van der Waals surface area contributed by atoms with Gasteiger partial charge in [-0.1, -0.05) is 45.7 Å². The second-order valence-corrected chi connectivity index (χ2v) is 5.91. The van der Waals surface area contributed by atoms with Crippen molar-refractivity contribution in [2.24, 2.45) is 0 Å². The highest BCUT2D eigenvalue weighted by Crippen LogP contribution is 2.18. The van der Waals surface area contributed by atoms with E-state index in [1.807, 2.05) is 26.0 Å². The summed E-state index contributed by atoms with van der Waals surface area (Å²) in [4.78, 5) is 23.8. The summed E-state index contributed by atoms with van der Waals surface area (Å²) >= 11 is 0. The molecule has 3 N–H and O–H groups in total. The molecule has 0 heterocycles. The standard InChI is InChI=1S/C18H28N2O3/c1-4-11-18(23,12-5-2)13-19-16(21)17(22)20-15-9-7-14(6-3)8-10-15/h7-10,23H,4-6,11-13H2,1-3H3,(H,19,21)(H,20,22). The predicted octanol–water partition coefficient (Wildman–Crippen LogP) is 2.64. The van der Waals surface area contributed by atoms with Crippen LogP contribution in [0, 0.1) is 0 Å². The minimum absolute atomic E-state index is 0.0930. The van der Waals surface area contributed by atoms with Crippen LogP contribution in [-0.4, -0.2) is 29.1 Å². The first-order valence-electron chi connectivity index (χ1n) is 8.34. The third kappa shape index (κ3) is 6.40. The van der Waals surface area contributed by atoms with Crippen LogP contribution in [-0.2, 0) is 16.0 Å². The Hall–Kier alpha value is -1.88. The second-order valence-electron chi connectivity index (χ2n) is 5.91. The Morgan fingerprint density at radius 1 is 1.00 bits per heavy atom. The van der Waals surface area contributed by atoms with Crippen LogP contribution in [0.3, 0.4) is 0 Å². The highest BCUT2D eigenvalue weighted by Gasteiger charge is 2.26. The maximum atomic E-state index is 11.9. The fourth-order valence-electron chi connectivity index (χ4n) is 2.57. The topological polar surface area (TPSA) is 78.4 Å². The fourth-order valence-corrected chi connectivity index (χ4v) is 2.57. The molecule has 0 aliphatic carbocycles. The van der Waals surface area contributed by atoms with Crippen LogP contribution in [0.4, 0.5) is 5.69 Å². The zero-order valence-corrected chi connectivity index (χ0v) is 14.3. The van der Waals surface area contributed by atoms with E-state index in [0.29, 0.717) is 18.5 Å². The van der Waals surface area contributed by atoms with Crippen molar-refractivity contribution < 1.29 is 14.7 Å². The minimum atomic E-state index is -0.942. The lowest BCUT2D eigenvalue weighted by Gasteiger charge is -2.27. The highest BCUT2D eigenvalue weighted by molar-refractivity contribution is 6.39. The van der Waals surface area contributed by atoms with Gasteiger partial charge in [0.15, 0.2) is 0 Å². The summed E-state index contributed by atoms with van der Waals surface area (Å²) in [6.45, 7) is 6.11. The van der Waals surface area contributed by atoms with Gasteiger partial charge in [0.25, 0.3) is 0 Å². The lowest BCUT2D eigenvalue weighted by Crippen LogP contribution is -2.46. The van der Waals surface area contributed by atoms with Crippen molar-refractivity contribution in [2.45, 2.75) is 58.5 Å². The van der Waals surface area contributed by atoms with Crippen molar-refractivity contribution in [1.29, 1.82) is 0 Å². The van der Waals surface area contributed by atoms with Crippen molar-refractivity contribution in [3.63, 3.8) is 0 Å². The zero-order chi connectivity index (χ0) is 17.3. The van der Waals surface area contributed by atoms with E-state index in [4.69, 9.17) is 0 Å². The third-order valence-corrected chi connectivity index (χ3v) is 3.83. The molecule has 0 unspecified atom stereocenters. The van der Waals surface area contributed by atoms with E-state index in [1.54, 1.807) is 12.1 Å². The second kappa shape index (κ2) is 9.30. The number of carbonyl (C=O) groups is 2. The summed E-state index contributed by atoms with van der Waals surface area (Å²) in [6.07, 6.45) is 3.76. The SMILES string of the molecule is CCCC(O)(CCC)CNC(=O)C(=O)Nc1ccc(CC)cc1. The Balaban J connectivity index is 2.54. The number of hydrogen-bond acceptors (Lipinski definition) is 3. The number of nitrogens with one attached hydrogen (secondary N) is 2. The van der Waals surface area contributed by atoms with Crippen molar-refractivity contribution in [1.82, 2.24) is 5.32 Å². The average Bonchev–Trinajstić information content (AvgIpc) is 2.54. The molecule has 0 saturated carbocycles. The predicted molar refractivity (Wildman–Crippen MR) is 92.2 cm³/mol. The van der Waals surface area contributed by atoms with Crippen LogP contribution in [0.5, 0.6) is 0 Å². The largest absolute Gasteiger partial charge is 0.388 e. The summed E-state index contributed by atoms with van der Waals surface area (Å²) in [7, 11) is 0. The van der Waals surface area contributed by atoms with Crippen molar-refractivity contribution in [3.05, 3.63) is 29.8 Å². The molecule has 0 radical (unpaired) electrons. The minimum Gasteiger partial charge on any atom is -0.388 e. The van der Waals surface area contributed by atoms with Crippen LogP contribution in [0.1, 0.15) is 52.0 Å². The normalized spacial score (nSPS) is 11.1. The molecule has 0 saturated heterocycles. The number of rotatable bonds is 8. The molecular weight excluding hydrogens is 292 g/mol. The van der Waals surface area contributed by atoms with Gasteiger partial charge in [0.05, 0.1) is 5.60 Å². The van der Waals surface area contributed by atoms with Gasteiger partial charge in [0.1, 0.15) is 0 Å². The monoisotopic (exact) mass is 320 g/mol. The summed E-state index contributed by atoms with van der Waals surface area (Å²) in [5.41, 5.74) is 0.804. The Kier molecular flexibility index (Phi) is 7.75. The molecule has 0 aliphatic rings. The molecule has 0 aliphatic heterocycles. The van der Waals surface area contributed by atoms with Crippen LogP contribution in [0.15, 0.2) is 24.3 Å². The molecule has 1 rings (SSSR count). The van der Waals surface area contributed by atoms with Gasteiger partial charge in [0.2, 0.25) is 0 Å². The number of aryl methyl sites for hydroxylation is 1. The molecule has 5 heteroatoms. The van der Waals surface area contributed by atoms with Crippen LogP contribution < -0.4 is 10.6 Å². The number of benzene rings is 1. The van der Waals surface area contributed by atoms with Crippen molar-refractivity contribution in [3.8, 4) is 0 Å². The molecule has 23 heavy (non-hydrogen) atoms. The molecule has 5 nitrogen and oxygen atoms in total. The van der Waals surface area contributed by atoms with Crippen molar-refractivity contribution in [2.75, 3.05) is 11.9 Å². The van der Waals surface area contributed by atoms with E-state index < -0.39 is 17.4 Å². The maximum absolute atomic E-state index is 11.9. The lowest BCUT2D eigenvalue weighted by atomic mass is 9.92. The van der Waals surface area contributed by atoms with Gasteiger partial charge in [-0.2, -0.15) is 0 Å². The van der Waals surface area contributed by atoms with Gasteiger partial charge in [-0.3, -0.25) is 9.59 Å². The van der Waals surface area contributed by atoms with E-state index >= 15 is 0 Å². The van der Waals surface area contributed by atoms with Gasteiger partial charge in [0, 0.05) is 12.2 Å². The summed E-state index contributed by atoms with van der Waals surface area (Å²) in [5, 5.41) is 15.5. The lowest BCUT2D eigenvalue weighted by molar-refractivity contribution is -0.137. The van der Waals surface area contributed by atoms with E-state index in [2.05, 4.69) is 17.6 Å². The average molecular weight is 320 g/mol. The van der Waals surface area contributed by atoms with Gasteiger partial charge >= 0.3 is 11.8 Å². The van der Waals surface area contributed by atoms with E-state index in [9.17, 15) is 14.7 Å². The number of aliphatic hydroxyl groups is 1. The maximum Gasteiger partial charge on any atom is 0.313 e. The third-order valence-electron chi connectivity index (χ3n) is 3.83. The quantitative estimate of drug-likeness (QED) is 0.644. The Bertz CT molecular complexity index is 506. The zero-order valence-electron chi connectivity index (χ0n) is 14.3. The van der Waals surface area contributed by atoms with E-state index in [0.717, 1.165) is 24.8 Å². The molecule has 0 fully saturated rings. The Morgan fingerprint density at radius 3 is 2.04 bits per heavy atom. The summed E-state index contributed by atoms with van der Waals surface area (Å²) < 4.78 is 0. The van der Waals surface area contributed by atoms with E-state index in [-0.39, 0.29) is 6.54 Å². The smallest absolute Gasteiger partial charge is 0.313 e. The first-order valence-corrected chi connectivity index (χ1v) is 8.34. The number of hydrogen-bond donors (Lipinski definition) is 3. The van der Waals surface area contributed by atoms with E-state index in [1.165, 1.54) is 0 Å². The first-order chi connectivity index (χ1) is 10.9. The first kappa shape index (κ1) is 19.2. The Labute approximate surface area is 138 Å². The molecule has 1 aromatic rings. The van der Waals surface area contributed by atoms with Crippen LogP contribution >= 0.6 is 0 Å². The summed E-state index contributed by atoms with van der Waals surface area (Å²) in [5.74, 6) is -1.44. The molecular formula is C18H28N2O3. The fraction of sp³-hybridized carbons (Fsp3) is 0.556. The molecule has 0 aromatic heterocycles. The van der Waals surface area contributed by atoms with Gasteiger partial charge in [-0.15, -0.1) is 0 Å². The highest BCUT2D eigenvalue weighted by atomic mass is 16.3. The Morgan fingerprint density at radius 2 is 1.57 bits per heavy atom. The van der Waals surface area contributed by atoms with Crippen molar-refractivity contribution >= 4 is 17.5 Å². The van der Waals surface area contributed by atoms with Crippen LogP contribution in [0.25, 0.3) is 0 Å². The van der Waals surface area contributed by atoms with Gasteiger partial charge < -0.3 is 15.7 Å². The van der Waals surface area contributed by atoms with Gasteiger partial charge in [-0.05, 0) is 37.0 Å². The van der Waals surface area contributed by atoms with Crippen LogP contribution in [0.2, 0.25) is 0 Å². The number of carbonyl (C=O) groups excluding carboxylic acids is 2. The molecule has 0 spiro atoms. The summed E-state index contributed by atoms with van der Waals surface area (Å²) in [6, 6.07) is 7.37. The van der Waals surface area contributed by atoms with Gasteiger partial charge in [-0.25, -0.2) is 0 Å². The number of amides is 2. The molecule has 0 bridgehead atoms. The molecule has 0 atom stereocenters. The molecule has 1 aromatic carbocycles. The number of anilines is 1. The molecule has 2 amide bonds.